The molecule has 0 bridgehead atoms. The number of hydrogen-bond acceptors (Lipinski definition) is 5. The van der Waals surface area contributed by atoms with Crippen molar-refractivity contribution in [1.29, 1.82) is 0 Å². The molecule has 1 aliphatic heterocycles. The zero-order valence-corrected chi connectivity index (χ0v) is 14.5. The van der Waals surface area contributed by atoms with Crippen molar-refractivity contribution in [2.45, 2.75) is 0 Å². The van der Waals surface area contributed by atoms with Crippen molar-refractivity contribution in [2.75, 3.05) is 4.90 Å². The molecule has 27 heavy (non-hydrogen) atoms. The molecule has 0 spiro atoms. The minimum absolute atomic E-state index is 0.169. The Morgan fingerprint density at radius 1 is 0.963 bits per heavy atom. The van der Waals surface area contributed by atoms with Crippen molar-refractivity contribution >= 4 is 40.2 Å². The lowest BCUT2D eigenvalue weighted by Crippen LogP contribution is -2.29. The molecule has 0 aliphatic carbocycles. The number of carbonyl (C=O) groups is 2. The van der Waals surface area contributed by atoms with E-state index in [2.05, 4.69) is 9.97 Å². The third kappa shape index (κ3) is 2.42. The Balaban J connectivity index is 1.50. The molecule has 3 heterocycles. The molecule has 2 amide bonds. The smallest absolute Gasteiger partial charge is 0.284 e. The number of fused-ring (bicyclic) bond motifs is 2. The van der Waals surface area contributed by atoms with Crippen molar-refractivity contribution in [1.82, 2.24) is 9.97 Å². The maximum atomic E-state index is 12.5. The summed E-state index contributed by atoms with van der Waals surface area (Å²) in [6.07, 6.45) is 1.50. The zero-order valence-electron chi connectivity index (χ0n) is 13.7. The van der Waals surface area contributed by atoms with Crippen LogP contribution in [0.25, 0.3) is 22.6 Å². The van der Waals surface area contributed by atoms with Gasteiger partial charge < -0.3 is 4.42 Å². The number of pyridine rings is 1. The summed E-state index contributed by atoms with van der Waals surface area (Å²) in [7, 11) is 0. The minimum atomic E-state index is -0.431. The Labute approximate surface area is 158 Å². The number of rotatable bonds is 2. The van der Waals surface area contributed by atoms with Gasteiger partial charge in [0, 0.05) is 16.8 Å². The van der Waals surface area contributed by atoms with Crippen molar-refractivity contribution in [2.24, 2.45) is 0 Å². The summed E-state index contributed by atoms with van der Waals surface area (Å²) in [5.74, 6) is -0.380. The third-order valence-corrected chi connectivity index (χ3v) is 4.60. The largest absolute Gasteiger partial charge is 0.436 e. The van der Waals surface area contributed by atoms with Gasteiger partial charge in [-0.3, -0.25) is 14.6 Å². The Morgan fingerprint density at radius 2 is 1.78 bits per heavy atom. The molecule has 130 valence electrons. The summed E-state index contributed by atoms with van der Waals surface area (Å²) < 4.78 is 5.74. The molecule has 4 aromatic rings. The van der Waals surface area contributed by atoms with Gasteiger partial charge in [-0.1, -0.05) is 11.6 Å². The summed E-state index contributed by atoms with van der Waals surface area (Å²) in [5, 5.41) is 0.580. The van der Waals surface area contributed by atoms with E-state index in [1.807, 2.05) is 0 Å². The number of aromatic nitrogens is 2. The quantitative estimate of drug-likeness (QED) is 0.487. The first kappa shape index (κ1) is 15.7. The highest BCUT2D eigenvalue weighted by Crippen LogP contribution is 2.30. The average Bonchev–Trinajstić information content (AvgIpc) is 3.21. The van der Waals surface area contributed by atoms with Crippen LogP contribution in [-0.2, 0) is 0 Å². The predicted molar refractivity (Wildman–Crippen MR) is 99.8 cm³/mol. The molecule has 0 saturated carbocycles. The molecule has 5 rings (SSSR count). The first-order valence-corrected chi connectivity index (χ1v) is 8.50. The van der Waals surface area contributed by atoms with E-state index in [0.29, 0.717) is 33.3 Å². The van der Waals surface area contributed by atoms with Crippen LogP contribution in [0.1, 0.15) is 20.8 Å². The number of imide groups is 1. The predicted octanol–water partition coefficient (Wildman–Crippen LogP) is 4.34. The van der Waals surface area contributed by atoms with E-state index >= 15 is 0 Å². The van der Waals surface area contributed by atoms with Crippen molar-refractivity contribution in [3.8, 4) is 11.5 Å². The fraction of sp³-hybridized carbons (Fsp3) is 0. The van der Waals surface area contributed by atoms with Gasteiger partial charge in [0.15, 0.2) is 5.58 Å². The third-order valence-electron chi connectivity index (χ3n) is 4.37. The van der Waals surface area contributed by atoms with Gasteiger partial charge in [-0.05, 0) is 54.6 Å². The van der Waals surface area contributed by atoms with Gasteiger partial charge in [0.05, 0.1) is 11.3 Å². The van der Waals surface area contributed by atoms with Gasteiger partial charge in [-0.2, -0.15) is 0 Å². The zero-order chi connectivity index (χ0) is 18.5. The molecule has 2 aromatic heterocycles. The normalized spacial score (nSPS) is 13.4. The minimum Gasteiger partial charge on any atom is -0.436 e. The highest BCUT2D eigenvalue weighted by molar-refractivity contribution is 6.33. The van der Waals surface area contributed by atoms with E-state index in [0.717, 1.165) is 10.5 Å². The van der Waals surface area contributed by atoms with Crippen LogP contribution in [0.2, 0.25) is 5.02 Å². The molecule has 0 N–H and O–H groups in total. The van der Waals surface area contributed by atoms with Gasteiger partial charge in [-0.25, -0.2) is 9.88 Å². The second kappa shape index (κ2) is 5.75. The molecule has 0 radical (unpaired) electrons. The summed E-state index contributed by atoms with van der Waals surface area (Å²) >= 11 is 5.98. The Bertz CT molecular complexity index is 1200. The van der Waals surface area contributed by atoms with Gasteiger partial charge in [-0.15, -0.1) is 0 Å². The fourth-order valence-corrected chi connectivity index (χ4v) is 3.24. The van der Waals surface area contributed by atoms with Crippen molar-refractivity contribution in [3.63, 3.8) is 0 Å². The maximum Gasteiger partial charge on any atom is 0.284 e. The molecule has 2 aromatic carbocycles. The van der Waals surface area contributed by atoms with E-state index in [1.54, 1.807) is 54.6 Å². The summed E-state index contributed by atoms with van der Waals surface area (Å²) in [5.41, 5.74) is 2.95. The van der Waals surface area contributed by atoms with E-state index in [-0.39, 0.29) is 11.6 Å². The lowest BCUT2D eigenvalue weighted by Gasteiger charge is -2.13. The molecular weight excluding hydrogens is 366 g/mol. The highest BCUT2D eigenvalue weighted by atomic mass is 35.5. The summed E-state index contributed by atoms with van der Waals surface area (Å²) in [6.45, 7) is 0. The van der Waals surface area contributed by atoms with Gasteiger partial charge in [0.2, 0.25) is 5.89 Å². The number of hydrogen-bond donors (Lipinski definition) is 0. The second-order valence-electron chi connectivity index (χ2n) is 6.02. The molecule has 1 aliphatic rings. The Morgan fingerprint density at radius 3 is 2.56 bits per heavy atom. The standard InChI is InChI=1S/C20H10ClN3O3/c21-12-5-8-16-15(10-12)23-18(27-16)11-3-6-13(7-4-11)24-19(25)14-2-1-9-22-17(14)20(24)26/h1-10H. The first-order valence-electron chi connectivity index (χ1n) is 8.12. The molecule has 0 unspecified atom stereocenters. The topological polar surface area (TPSA) is 76.3 Å². The molecule has 0 saturated heterocycles. The number of halogens is 1. The molecular formula is C20H10ClN3O3. The summed E-state index contributed by atoms with van der Waals surface area (Å²) in [6, 6.07) is 15.3. The number of oxazole rings is 1. The van der Waals surface area contributed by atoms with Crippen LogP contribution in [0.3, 0.4) is 0 Å². The van der Waals surface area contributed by atoms with Crippen LogP contribution >= 0.6 is 11.6 Å². The maximum absolute atomic E-state index is 12.5. The Kier molecular flexibility index (Phi) is 3.35. The Hall–Kier alpha value is -3.51. The summed E-state index contributed by atoms with van der Waals surface area (Å²) in [4.78, 5) is 34.6. The number of nitrogens with zero attached hydrogens (tertiary/aromatic N) is 3. The van der Waals surface area contributed by atoms with E-state index in [1.165, 1.54) is 6.20 Å². The molecule has 6 nitrogen and oxygen atoms in total. The lowest BCUT2D eigenvalue weighted by molar-refractivity contribution is 0.0924. The second-order valence-corrected chi connectivity index (χ2v) is 6.46. The number of anilines is 1. The van der Waals surface area contributed by atoms with Crippen LogP contribution < -0.4 is 4.90 Å². The van der Waals surface area contributed by atoms with Crippen LogP contribution in [0.4, 0.5) is 5.69 Å². The van der Waals surface area contributed by atoms with Gasteiger partial charge in [0.1, 0.15) is 11.2 Å². The highest BCUT2D eigenvalue weighted by Gasteiger charge is 2.37. The van der Waals surface area contributed by atoms with E-state index in [4.69, 9.17) is 16.0 Å². The number of amides is 2. The molecule has 7 heteroatoms. The van der Waals surface area contributed by atoms with Crippen LogP contribution in [0.15, 0.2) is 65.2 Å². The number of carbonyl (C=O) groups excluding carboxylic acids is 2. The molecule has 0 atom stereocenters. The van der Waals surface area contributed by atoms with E-state index < -0.39 is 5.91 Å². The fourth-order valence-electron chi connectivity index (χ4n) is 3.08. The lowest BCUT2D eigenvalue weighted by atomic mass is 10.2. The van der Waals surface area contributed by atoms with Crippen LogP contribution in [0, 0.1) is 0 Å². The SMILES string of the molecule is O=C1c2cccnc2C(=O)N1c1ccc(-c2nc3cc(Cl)ccc3o2)cc1. The van der Waals surface area contributed by atoms with Crippen molar-refractivity contribution in [3.05, 3.63) is 77.1 Å². The molecule has 0 fully saturated rings. The average molecular weight is 376 g/mol. The van der Waals surface area contributed by atoms with Gasteiger partial charge >= 0.3 is 0 Å². The first-order chi connectivity index (χ1) is 13.1. The van der Waals surface area contributed by atoms with Crippen LogP contribution in [-0.4, -0.2) is 21.8 Å². The van der Waals surface area contributed by atoms with E-state index in [9.17, 15) is 9.59 Å². The number of benzene rings is 2. The monoisotopic (exact) mass is 375 g/mol. The van der Waals surface area contributed by atoms with Crippen LogP contribution in [0.5, 0.6) is 0 Å². The van der Waals surface area contributed by atoms with Gasteiger partial charge in [0.25, 0.3) is 11.8 Å². The van der Waals surface area contributed by atoms with Crippen molar-refractivity contribution < 1.29 is 14.0 Å².